The summed E-state index contributed by atoms with van der Waals surface area (Å²) < 4.78 is 22.4. The first-order chi connectivity index (χ1) is 7.93. The van der Waals surface area contributed by atoms with Crippen LogP contribution >= 0.6 is 0 Å². The van der Waals surface area contributed by atoms with Crippen molar-refractivity contribution in [2.24, 2.45) is 5.84 Å². The van der Waals surface area contributed by atoms with Gasteiger partial charge in [-0.05, 0) is 30.5 Å². The highest BCUT2D eigenvalue weighted by atomic mass is 32.2. The maximum Gasteiger partial charge on any atom is 0.233 e. The number of nitrogens with two attached hydrogens (primary N) is 1. The molecular weight excluding hydrogens is 240 g/mol. The monoisotopic (exact) mass is 256 g/mol. The van der Waals surface area contributed by atoms with Crippen LogP contribution in [-0.4, -0.2) is 20.6 Å². The molecule has 0 aliphatic rings. The molecule has 0 aliphatic heterocycles. The number of sulfone groups is 1. The lowest BCUT2D eigenvalue weighted by atomic mass is 10.1. The molecule has 0 aliphatic carbocycles. The number of hydrogen-bond donors (Lipinski definition) is 2. The SMILES string of the molecule is CS(=O)(=O)c1ccc(CCCC(=O)NN)cc1. The summed E-state index contributed by atoms with van der Waals surface area (Å²) in [5, 5.41) is 0. The van der Waals surface area contributed by atoms with E-state index in [4.69, 9.17) is 5.84 Å². The average molecular weight is 256 g/mol. The zero-order chi connectivity index (χ0) is 12.9. The normalized spacial score (nSPS) is 11.2. The van der Waals surface area contributed by atoms with E-state index in [0.717, 1.165) is 12.0 Å². The molecule has 0 atom stereocenters. The predicted octanol–water partition coefficient (Wildman–Crippen LogP) is 0.403. The van der Waals surface area contributed by atoms with E-state index < -0.39 is 9.84 Å². The minimum atomic E-state index is -3.14. The van der Waals surface area contributed by atoms with Crippen LogP contribution in [0.5, 0.6) is 0 Å². The Morgan fingerprint density at radius 2 is 1.88 bits per heavy atom. The number of benzene rings is 1. The molecule has 1 amide bonds. The summed E-state index contributed by atoms with van der Waals surface area (Å²) >= 11 is 0. The second-order valence-electron chi connectivity index (χ2n) is 3.84. The molecule has 0 unspecified atom stereocenters. The molecule has 0 radical (unpaired) electrons. The Balaban J connectivity index is 2.55. The summed E-state index contributed by atoms with van der Waals surface area (Å²) in [6.07, 6.45) is 2.94. The van der Waals surface area contributed by atoms with Crippen LogP contribution in [0.3, 0.4) is 0 Å². The van der Waals surface area contributed by atoms with Crippen LogP contribution < -0.4 is 11.3 Å². The van der Waals surface area contributed by atoms with Crippen LogP contribution in [0.2, 0.25) is 0 Å². The van der Waals surface area contributed by atoms with E-state index in [1.54, 1.807) is 24.3 Å². The summed E-state index contributed by atoms with van der Waals surface area (Å²) in [4.78, 5) is 11.2. The maximum atomic E-state index is 11.2. The molecule has 0 bridgehead atoms. The van der Waals surface area contributed by atoms with Crippen LogP contribution in [0.25, 0.3) is 0 Å². The maximum absolute atomic E-state index is 11.2. The largest absolute Gasteiger partial charge is 0.294 e. The van der Waals surface area contributed by atoms with E-state index in [1.807, 2.05) is 0 Å². The van der Waals surface area contributed by atoms with E-state index in [1.165, 1.54) is 6.26 Å². The van der Waals surface area contributed by atoms with Gasteiger partial charge in [-0.15, -0.1) is 0 Å². The molecule has 0 spiro atoms. The third-order valence-electron chi connectivity index (χ3n) is 2.38. The van der Waals surface area contributed by atoms with Crippen molar-refractivity contribution in [2.45, 2.75) is 24.2 Å². The number of carbonyl (C=O) groups is 1. The van der Waals surface area contributed by atoms with Crippen molar-refractivity contribution in [3.8, 4) is 0 Å². The van der Waals surface area contributed by atoms with E-state index in [2.05, 4.69) is 5.43 Å². The number of hydrazine groups is 1. The molecule has 94 valence electrons. The molecule has 3 N–H and O–H groups in total. The lowest BCUT2D eigenvalue weighted by Gasteiger charge is -2.03. The smallest absolute Gasteiger partial charge is 0.233 e. The highest BCUT2D eigenvalue weighted by molar-refractivity contribution is 7.90. The average Bonchev–Trinajstić information content (AvgIpc) is 2.28. The Morgan fingerprint density at radius 3 is 2.35 bits per heavy atom. The number of amides is 1. The first kappa shape index (κ1) is 13.7. The molecule has 0 saturated carbocycles. The zero-order valence-electron chi connectivity index (χ0n) is 9.64. The topological polar surface area (TPSA) is 89.3 Å². The van der Waals surface area contributed by atoms with Gasteiger partial charge in [-0.2, -0.15) is 0 Å². The van der Waals surface area contributed by atoms with Crippen molar-refractivity contribution < 1.29 is 13.2 Å². The van der Waals surface area contributed by atoms with Crippen molar-refractivity contribution in [3.63, 3.8) is 0 Å². The standard InChI is InChI=1S/C11H16N2O3S/c1-17(15,16)10-7-5-9(6-8-10)3-2-4-11(14)13-12/h5-8H,2-4,12H2,1H3,(H,13,14). The third kappa shape index (κ3) is 4.54. The van der Waals surface area contributed by atoms with E-state index >= 15 is 0 Å². The van der Waals surface area contributed by atoms with Gasteiger partial charge < -0.3 is 0 Å². The van der Waals surface area contributed by atoms with Gasteiger partial charge in [0, 0.05) is 12.7 Å². The molecule has 0 saturated heterocycles. The quantitative estimate of drug-likeness (QED) is 0.453. The van der Waals surface area contributed by atoms with Gasteiger partial charge >= 0.3 is 0 Å². The number of rotatable bonds is 5. The van der Waals surface area contributed by atoms with Gasteiger partial charge in [0.2, 0.25) is 5.91 Å². The second-order valence-corrected chi connectivity index (χ2v) is 5.85. The fourth-order valence-electron chi connectivity index (χ4n) is 1.43. The molecular formula is C11H16N2O3S. The zero-order valence-corrected chi connectivity index (χ0v) is 10.5. The summed E-state index contributed by atoms with van der Waals surface area (Å²) in [5.74, 6) is 4.76. The fraction of sp³-hybridized carbons (Fsp3) is 0.364. The Morgan fingerprint density at radius 1 is 1.29 bits per heavy atom. The van der Waals surface area contributed by atoms with E-state index in [9.17, 15) is 13.2 Å². The Bertz CT molecular complexity index is 480. The predicted molar refractivity (Wildman–Crippen MR) is 64.8 cm³/mol. The van der Waals surface area contributed by atoms with Crippen molar-refractivity contribution in [1.82, 2.24) is 5.43 Å². The van der Waals surface area contributed by atoms with Crippen molar-refractivity contribution in [1.29, 1.82) is 0 Å². The lowest BCUT2D eigenvalue weighted by molar-refractivity contribution is -0.121. The van der Waals surface area contributed by atoms with Crippen LogP contribution in [0.15, 0.2) is 29.2 Å². The molecule has 6 heteroatoms. The number of carbonyl (C=O) groups excluding carboxylic acids is 1. The summed E-state index contributed by atoms with van der Waals surface area (Å²) in [6, 6.07) is 6.68. The minimum Gasteiger partial charge on any atom is -0.294 e. The lowest BCUT2D eigenvalue weighted by Crippen LogP contribution is -2.29. The van der Waals surface area contributed by atoms with Crippen molar-refractivity contribution in [2.75, 3.05) is 6.26 Å². The Kier molecular flexibility index (Phi) is 4.65. The number of aryl methyl sites for hydroxylation is 1. The van der Waals surface area contributed by atoms with Gasteiger partial charge in [-0.1, -0.05) is 12.1 Å². The number of nitrogens with one attached hydrogen (secondary N) is 1. The van der Waals surface area contributed by atoms with Gasteiger partial charge in [0.05, 0.1) is 4.90 Å². The minimum absolute atomic E-state index is 0.197. The fourth-order valence-corrected chi connectivity index (χ4v) is 2.06. The second kappa shape index (κ2) is 5.79. The van der Waals surface area contributed by atoms with Gasteiger partial charge in [0.15, 0.2) is 9.84 Å². The molecule has 0 fully saturated rings. The third-order valence-corrected chi connectivity index (χ3v) is 3.51. The van der Waals surface area contributed by atoms with Gasteiger partial charge in [-0.25, -0.2) is 14.3 Å². The highest BCUT2D eigenvalue weighted by Crippen LogP contribution is 2.12. The Labute approximate surface area is 101 Å². The molecule has 0 aromatic heterocycles. The van der Waals surface area contributed by atoms with Crippen molar-refractivity contribution >= 4 is 15.7 Å². The van der Waals surface area contributed by atoms with Crippen molar-refractivity contribution in [3.05, 3.63) is 29.8 Å². The van der Waals surface area contributed by atoms with Gasteiger partial charge in [0.1, 0.15) is 0 Å². The molecule has 0 heterocycles. The van der Waals surface area contributed by atoms with Crippen LogP contribution in [0.4, 0.5) is 0 Å². The summed E-state index contributed by atoms with van der Waals surface area (Å²) in [5.41, 5.74) is 3.06. The first-order valence-electron chi connectivity index (χ1n) is 5.22. The number of hydrogen-bond acceptors (Lipinski definition) is 4. The van der Waals surface area contributed by atoms with Crippen LogP contribution in [0.1, 0.15) is 18.4 Å². The van der Waals surface area contributed by atoms with Gasteiger partial charge in [0.25, 0.3) is 0 Å². The van der Waals surface area contributed by atoms with Gasteiger partial charge in [-0.3, -0.25) is 10.2 Å². The molecule has 1 aromatic carbocycles. The van der Waals surface area contributed by atoms with E-state index in [-0.39, 0.29) is 5.91 Å². The summed E-state index contributed by atoms with van der Waals surface area (Å²) in [6.45, 7) is 0. The molecule has 1 aromatic rings. The van der Waals surface area contributed by atoms with E-state index in [0.29, 0.717) is 17.7 Å². The highest BCUT2D eigenvalue weighted by Gasteiger charge is 2.06. The molecule has 1 rings (SSSR count). The summed E-state index contributed by atoms with van der Waals surface area (Å²) in [7, 11) is -3.14. The van der Waals surface area contributed by atoms with Crippen LogP contribution in [-0.2, 0) is 21.1 Å². The Hall–Kier alpha value is -1.40. The first-order valence-corrected chi connectivity index (χ1v) is 7.11. The molecule has 5 nitrogen and oxygen atoms in total. The molecule has 17 heavy (non-hydrogen) atoms. The van der Waals surface area contributed by atoms with Crippen LogP contribution in [0, 0.1) is 0 Å².